The van der Waals surface area contributed by atoms with Gasteiger partial charge < -0.3 is 4.74 Å². The van der Waals surface area contributed by atoms with Gasteiger partial charge in [-0.3, -0.25) is 0 Å². The zero-order chi connectivity index (χ0) is 10.8. The Hall–Kier alpha value is -0.440. The van der Waals surface area contributed by atoms with Gasteiger partial charge in [0.2, 0.25) is 0 Å². The Morgan fingerprint density at radius 3 is 2.71 bits per heavy atom. The van der Waals surface area contributed by atoms with Gasteiger partial charge >= 0.3 is 0 Å². The first-order valence-corrected chi connectivity index (χ1v) is 4.90. The van der Waals surface area contributed by atoms with Crippen molar-refractivity contribution < 1.29 is 13.5 Å². The van der Waals surface area contributed by atoms with E-state index in [0.29, 0.717) is 18.6 Å². The molecule has 1 rings (SSSR count). The molecule has 0 radical (unpaired) electrons. The minimum Gasteiger partial charge on any atom is -0.384 e. The van der Waals surface area contributed by atoms with Crippen molar-refractivity contribution in [3.63, 3.8) is 0 Å². The van der Waals surface area contributed by atoms with E-state index < -0.39 is 11.3 Å². The molecule has 0 bridgehead atoms. The third kappa shape index (κ3) is 3.05. The lowest BCUT2D eigenvalue weighted by Gasteiger charge is -2.29. The van der Waals surface area contributed by atoms with E-state index in [-0.39, 0.29) is 12.8 Å². The molecule has 0 spiro atoms. The molecule has 1 nitrogen and oxygen atoms in total. The standard InChI is InChI=1S/C11H18F2O/c1-9-4-5-10(2,8-14-3)7-11(12,13)6-9/h1,4-8H2,2-3H3. The molecule has 82 valence electrons. The lowest BCUT2D eigenvalue weighted by atomic mass is 9.82. The number of methoxy groups -OCH3 is 1. The molecule has 3 heteroatoms. The number of halogens is 2. The molecule has 0 amide bonds. The molecule has 14 heavy (non-hydrogen) atoms. The van der Waals surface area contributed by atoms with Crippen LogP contribution in [0.15, 0.2) is 12.2 Å². The van der Waals surface area contributed by atoms with E-state index in [2.05, 4.69) is 6.58 Å². The van der Waals surface area contributed by atoms with E-state index in [4.69, 9.17) is 4.74 Å². The number of alkyl halides is 2. The van der Waals surface area contributed by atoms with E-state index in [9.17, 15) is 8.78 Å². The van der Waals surface area contributed by atoms with Gasteiger partial charge in [-0.15, -0.1) is 0 Å². The van der Waals surface area contributed by atoms with Crippen LogP contribution in [0.3, 0.4) is 0 Å². The highest BCUT2D eigenvalue weighted by Gasteiger charge is 2.41. The van der Waals surface area contributed by atoms with Crippen LogP contribution >= 0.6 is 0 Å². The Kier molecular flexibility index (Phi) is 3.30. The van der Waals surface area contributed by atoms with Gasteiger partial charge in [0.15, 0.2) is 0 Å². The Morgan fingerprint density at radius 2 is 2.14 bits per heavy atom. The van der Waals surface area contributed by atoms with Crippen LogP contribution in [0.1, 0.15) is 32.6 Å². The number of ether oxygens (including phenoxy) is 1. The Bertz CT molecular complexity index is 225. The quantitative estimate of drug-likeness (QED) is 0.494. The number of allylic oxidation sites excluding steroid dienone is 1. The Labute approximate surface area is 84.1 Å². The Balaban J connectivity index is 2.75. The second-order valence-corrected chi connectivity index (χ2v) is 4.70. The van der Waals surface area contributed by atoms with E-state index in [1.807, 2.05) is 6.92 Å². The summed E-state index contributed by atoms with van der Waals surface area (Å²) in [7, 11) is 1.56. The predicted molar refractivity (Wildman–Crippen MR) is 52.5 cm³/mol. The molecule has 1 aliphatic carbocycles. The van der Waals surface area contributed by atoms with Crippen molar-refractivity contribution in [2.75, 3.05) is 13.7 Å². The van der Waals surface area contributed by atoms with Gasteiger partial charge in [-0.1, -0.05) is 19.1 Å². The summed E-state index contributed by atoms with van der Waals surface area (Å²) in [5.41, 5.74) is 0.257. The number of hydrogen-bond donors (Lipinski definition) is 0. The van der Waals surface area contributed by atoms with Crippen LogP contribution < -0.4 is 0 Å². The number of rotatable bonds is 2. The van der Waals surface area contributed by atoms with Gasteiger partial charge in [0.1, 0.15) is 0 Å². The van der Waals surface area contributed by atoms with Gasteiger partial charge in [0.05, 0.1) is 6.61 Å². The van der Waals surface area contributed by atoms with Crippen LogP contribution in [-0.4, -0.2) is 19.6 Å². The summed E-state index contributed by atoms with van der Waals surface area (Å²) in [6.45, 7) is 5.94. The molecular weight excluding hydrogens is 186 g/mol. The van der Waals surface area contributed by atoms with Gasteiger partial charge in [0.25, 0.3) is 5.92 Å². The maximum atomic E-state index is 13.4. The molecule has 1 aliphatic rings. The third-order valence-corrected chi connectivity index (χ3v) is 2.77. The predicted octanol–water partition coefficient (Wildman–Crippen LogP) is 3.40. The lowest BCUT2D eigenvalue weighted by molar-refractivity contribution is -0.0541. The second kappa shape index (κ2) is 3.97. The van der Waals surface area contributed by atoms with E-state index in [0.717, 1.165) is 6.42 Å². The maximum absolute atomic E-state index is 13.4. The van der Waals surface area contributed by atoms with Crippen LogP contribution in [-0.2, 0) is 4.74 Å². The van der Waals surface area contributed by atoms with Gasteiger partial charge in [0, 0.05) is 20.0 Å². The molecule has 1 atom stereocenters. The van der Waals surface area contributed by atoms with Crippen molar-refractivity contribution in [3.05, 3.63) is 12.2 Å². The van der Waals surface area contributed by atoms with E-state index in [1.54, 1.807) is 7.11 Å². The zero-order valence-corrected chi connectivity index (χ0v) is 8.91. The second-order valence-electron chi connectivity index (χ2n) is 4.70. The largest absolute Gasteiger partial charge is 0.384 e. The molecule has 0 aromatic heterocycles. The minimum absolute atomic E-state index is 0.0904. The highest BCUT2D eigenvalue weighted by molar-refractivity contribution is 5.04. The van der Waals surface area contributed by atoms with Gasteiger partial charge in [-0.05, 0) is 18.3 Å². The number of hydrogen-bond acceptors (Lipinski definition) is 1. The highest BCUT2D eigenvalue weighted by atomic mass is 19.3. The van der Waals surface area contributed by atoms with Crippen LogP contribution in [0.5, 0.6) is 0 Å². The van der Waals surface area contributed by atoms with E-state index >= 15 is 0 Å². The van der Waals surface area contributed by atoms with Crippen molar-refractivity contribution in [2.24, 2.45) is 5.41 Å². The van der Waals surface area contributed by atoms with Crippen LogP contribution in [0, 0.1) is 5.41 Å². The molecular formula is C11H18F2O. The fourth-order valence-electron chi connectivity index (χ4n) is 2.18. The van der Waals surface area contributed by atoms with Crippen molar-refractivity contribution in [3.8, 4) is 0 Å². The average Bonchev–Trinajstić information content (AvgIpc) is 2.07. The summed E-state index contributed by atoms with van der Waals surface area (Å²) in [5, 5.41) is 0. The summed E-state index contributed by atoms with van der Waals surface area (Å²) < 4.78 is 31.8. The first-order chi connectivity index (χ1) is 6.37. The normalized spacial score (nSPS) is 32.7. The summed E-state index contributed by atoms with van der Waals surface area (Å²) >= 11 is 0. The summed E-state index contributed by atoms with van der Waals surface area (Å²) in [4.78, 5) is 0. The summed E-state index contributed by atoms with van der Waals surface area (Å²) in [6, 6.07) is 0. The smallest absolute Gasteiger partial charge is 0.252 e. The van der Waals surface area contributed by atoms with Crippen molar-refractivity contribution in [1.82, 2.24) is 0 Å². The third-order valence-electron chi connectivity index (χ3n) is 2.77. The molecule has 0 heterocycles. The summed E-state index contributed by atoms with van der Waals surface area (Å²) in [6.07, 6.45) is 1.18. The summed E-state index contributed by atoms with van der Waals surface area (Å²) in [5.74, 6) is -2.61. The molecule has 0 aromatic carbocycles. The van der Waals surface area contributed by atoms with Crippen LogP contribution in [0.25, 0.3) is 0 Å². The fourth-order valence-corrected chi connectivity index (χ4v) is 2.18. The molecule has 0 aromatic rings. The molecule has 0 aliphatic heterocycles. The monoisotopic (exact) mass is 204 g/mol. The van der Waals surface area contributed by atoms with Gasteiger partial charge in [-0.25, -0.2) is 8.78 Å². The minimum atomic E-state index is -2.61. The van der Waals surface area contributed by atoms with E-state index in [1.165, 1.54) is 0 Å². The first-order valence-electron chi connectivity index (χ1n) is 4.90. The van der Waals surface area contributed by atoms with Crippen molar-refractivity contribution in [1.29, 1.82) is 0 Å². The van der Waals surface area contributed by atoms with Crippen LogP contribution in [0.2, 0.25) is 0 Å². The molecule has 0 N–H and O–H groups in total. The molecule has 0 saturated heterocycles. The van der Waals surface area contributed by atoms with Crippen molar-refractivity contribution in [2.45, 2.75) is 38.5 Å². The van der Waals surface area contributed by atoms with Gasteiger partial charge in [-0.2, -0.15) is 0 Å². The Morgan fingerprint density at radius 1 is 1.50 bits per heavy atom. The maximum Gasteiger partial charge on any atom is 0.252 e. The topological polar surface area (TPSA) is 9.23 Å². The average molecular weight is 204 g/mol. The lowest BCUT2D eigenvalue weighted by Crippen LogP contribution is -2.29. The first kappa shape index (κ1) is 11.6. The molecule has 1 unspecified atom stereocenters. The molecule has 1 fully saturated rings. The SMILES string of the molecule is C=C1CCC(C)(COC)CC(F)(F)C1. The zero-order valence-electron chi connectivity index (χ0n) is 8.91. The molecule has 1 saturated carbocycles. The van der Waals surface area contributed by atoms with Crippen LogP contribution in [0.4, 0.5) is 8.78 Å². The fraction of sp³-hybridized carbons (Fsp3) is 0.818. The van der Waals surface area contributed by atoms with Crippen molar-refractivity contribution >= 4 is 0 Å². The highest BCUT2D eigenvalue weighted by Crippen LogP contribution is 2.44.